The standard InChI is InChI=1S/C17H25BN3O4/c18-15-3-1-14(2-4-15)11-19-5-7-20(12-16(22)23)9-10-21(8-6-19)13-17(24)25/h1-4,18H,5-13H2,(H,22,23)(H,24,25). The lowest BCUT2D eigenvalue weighted by Crippen LogP contribution is -2.40. The molecule has 1 aromatic rings. The van der Waals surface area contributed by atoms with Crippen LogP contribution in [-0.2, 0) is 16.1 Å². The molecule has 1 aliphatic heterocycles. The molecule has 0 bridgehead atoms. The predicted molar refractivity (Wildman–Crippen MR) is 96.7 cm³/mol. The maximum Gasteiger partial charge on any atom is 0.317 e. The number of rotatable bonds is 6. The van der Waals surface area contributed by atoms with Crippen LogP contribution in [0.2, 0.25) is 0 Å². The molecule has 1 radical (unpaired) electrons. The van der Waals surface area contributed by atoms with Crippen LogP contribution in [0.5, 0.6) is 0 Å². The van der Waals surface area contributed by atoms with Crippen LogP contribution in [-0.4, -0.2) is 97.1 Å². The maximum absolute atomic E-state index is 11.0. The molecule has 0 saturated carbocycles. The third-order valence-corrected chi connectivity index (χ3v) is 4.34. The molecule has 2 rings (SSSR count). The Bertz CT molecular complexity index is 554. The highest BCUT2D eigenvalue weighted by molar-refractivity contribution is 6.32. The van der Waals surface area contributed by atoms with Crippen molar-refractivity contribution in [1.29, 1.82) is 0 Å². The molecule has 0 atom stereocenters. The van der Waals surface area contributed by atoms with Gasteiger partial charge in [0.2, 0.25) is 0 Å². The predicted octanol–water partition coefficient (Wildman–Crippen LogP) is -1.20. The van der Waals surface area contributed by atoms with Gasteiger partial charge in [0.1, 0.15) is 7.85 Å². The fourth-order valence-electron chi connectivity index (χ4n) is 2.94. The van der Waals surface area contributed by atoms with E-state index in [-0.39, 0.29) is 13.1 Å². The Morgan fingerprint density at radius 1 is 0.800 bits per heavy atom. The lowest BCUT2D eigenvalue weighted by Gasteiger charge is -2.25. The molecule has 7 nitrogen and oxygen atoms in total. The van der Waals surface area contributed by atoms with Gasteiger partial charge in [-0.05, 0) is 5.56 Å². The molecule has 0 aliphatic carbocycles. The summed E-state index contributed by atoms with van der Waals surface area (Å²) >= 11 is 0. The van der Waals surface area contributed by atoms with E-state index in [9.17, 15) is 9.59 Å². The molecule has 8 heteroatoms. The summed E-state index contributed by atoms with van der Waals surface area (Å²) in [6.07, 6.45) is 0. The lowest BCUT2D eigenvalue weighted by atomic mass is 9.95. The van der Waals surface area contributed by atoms with E-state index in [0.717, 1.165) is 25.1 Å². The quantitative estimate of drug-likeness (QED) is 0.626. The average molecular weight is 346 g/mol. The van der Waals surface area contributed by atoms with Crippen molar-refractivity contribution in [3.05, 3.63) is 29.8 Å². The molecule has 0 amide bonds. The van der Waals surface area contributed by atoms with Crippen LogP contribution in [0.1, 0.15) is 5.56 Å². The number of carboxylic acid groups (broad SMARTS) is 2. The molecule has 1 saturated heterocycles. The number of benzene rings is 1. The Morgan fingerprint density at radius 3 is 1.60 bits per heavy atom. The van der Waals surface area contributed by atoms with Gasteiger partial charge in [0.15, 0.2) is 0 Å². The van der Waals surface area contributed by atoms with Crippen LogP contribution in [0.25, 0.3) is 0 Å². The minimum atomic E-state index is -0.860. The van der Waals surface area contributed by atoms with Crippen molar-refractivity contribution < 1.29 is 19.8 Å². The Balaban J connectivity index is 2.03. The Hall–Kier alpha value is -1.90. The molecule has 0 aromatic heterocycles. The van der Waals surface area contributed by atoms with Gasteiger partial charge < -0.3 is 10.2 Å². The summed E-state index contributed by atoms with van der Waals surface area (Å²) < 4.78 is 0. The average Bonchev–Trinajstić information content (AvgIpc) is 2.62. The van der Waals surface area contributed by atoms with Gasteiger partial charge in [0, 0.05) is 45.8 Å². The zero-order chi connectivity index (χ0) is 18.2. The molecule has 0 unspecified atom stereocenters. The van der Waals surface area contributed by atoms with Gasteiger partial charge in [-0.1, -0.05) is 29.7 Å². The van der Waals surface area contributed by atoms with Gasteiger partial charge in [-0.25, -0.2) is 0 Å². The summed E-state index contributed by atoms with van der Waals surface area (Å²) in [4.78, 5) is 28.1. The fourth-order valence-corrected chi connectivity index (χ4v) is 2.94. The van der Waals surface area contributed by atoms with E-state index >= 15 is 0 Å². The van der Waals surface area contributed by atoms with Crippen molar-refractivity contribution in [2.45, 2.75) is 6.54 Å². The van der Waals surface area contributed by atoms with Gasteiger partial charge >= 0.3 is 11.9 Å². The molecule has 135 valence electrons. The van der Waals surface area contributed by atoms with Crippen LogP contribution >= 0.6 is 0 Å². The van der Waals surface area contributed by atoms with Gasteiger partial charge in [-0.3, -0.25) is 24.3 Å². The number of aliphatic carboxylic acids is 2. The van der Waals surface area contributed by atoms with Gasteiger partial charge in [-0.2, -0.15) is 0 Å². The topological polar surface area (TPSA) is 84.3 Å². The summed E-state index contributed by atoms with van der Waals surface area (Å²) in [5, 5.41) is 18.1. The molecule has 1 aromatic carbocycles. The highest BCUT2D eigenvalue weighted by Gasteiger charge is 2.19. The molecular weight excluding hydrogens is 321 g/mol. The maximum atomic E-state index is 11.0. The van der Waals surface area contributed by atoms with E-state index in [1.54, 1.807) is 0 Å². The van der Waals surface area contributed by atoms with E-state index in [0.29, 0.717) is 26.2 Å². The second-order valence-corrected chi connectivity index (χ2v) is 6.43. The molecule has 1 fully saturated rings. The van der Waals surface area contributed by atoms with Gasteiger partial charge in [-0.15, -0.1) is 0 Å². The molecule has 1 heterocycles. The van der Waals surface area contributed by atoms with Crippen LogP contribution in [0.3, 0.4) is 0 Å². The van der Waals surface area contributed by atoms with Crippen LogP contribution in [0.15, 0.2) is 24.3 Å². The fraction of sp³-hybridized carbons (Fsp3) is 0.529. The van der Waals surface area contributed by atoms with E-state index in [4.69, 9.17) is 10.2 Å². The van der Waals surface area contributed by atoms with Gasteiger partial charge in [0.25, 0.3) is 0 Å². The summed E-state index contributed by atoms with van der Waals surface area (Å²) in [5.41, 5.74) is 2.13. The monoisotopic (exact) mass is 346 g/mol. The van der Waals surface area contributed by atoms with Crippen LogP contribution in [0.4, 0.5) is 0 Å². The molecular formula is C17H25BN3O4. The Labute approximate surface area is 149 Å². The molecule has 1 aliphatic rings. The third-order valence-electron chi connectivity index (χ3n) is 4.34. The lowest BCUT2D eigenvalue weighted by molar-refractivity contribution is -0.140. The zero-order valence-electron chi connectivity index (χ0n) is 14.4. The van der Waals surface area contributed by atoms with Crippen molar-refractivity contribution in [3.8, 4) is 0 Å². The number of carboxylic acids is 2. The molecule has 2 N–H and O–H groups in total. The SMILES string of the molecule is [BH]c1ccc(CN2CCN(CC(=O)O)CCN(CC(=O)O)CC2)cc1. The minimum Gasteiger partial charge on any atom is -0.480 e. The summed E-state index contributed by atoms with van der Waals surface area (Å²) in [5.74, 6) is -1.72. The first-order valence-corrected chi connectivity index (χ1v) is 8.44. The van der Waals surface area contributed by atoms with Crippen molar-refractivity contribution in [2.24, 2.45) is 0 Å². The number of hydrogen-bond donors (Lipinski definition) is 2. The molecule has 0 spiro atoms. The highest BCUT2D eigenvalue weighted by atomic mass is 16.4. The zero-order valence-corrected chi connectivity index (χ0v) is 14.4. The van der Waals surface area contributed by atoms with E-state index in [2.05, 4.69) is 12.7 Å². The second-order valence-electron chi connectivity index (χ2n) is 6.43. The summed E-state index contributed by atoms with van der Waals surface area (Å²) in [6.45, 7) is 4.63. The van der Waals surface area contributed by atoms with Crippen LogP contribution in [0, 0.1) is 0 Å². The Kier molecular flexibility index (Phi) is 7.42. The third kappa shape index (κ3) is 7.25. The highest BCUT2D eigenvalue weighted by Crippen LogP contribution is 2.06. The van der Waals surface area contributed by atoms with Crippen molar-refractivity contribution in [1.82, 2.24) is 14.7 Å². The summed E-state index contributed by atoms with van der Waals surface area (Å²) in [6, 6.07) is 8.02. The first-order valence-electron chi connectivity index (χ1n) is 8.44. The number of nitrogens with zero attached hydrogens (tertiary/aromatic N) is 3. The second kappa shape index (κ2) is 9.55. The van der Waals surface area contributed by atoms with Crippen LogP contribution < -0.4 is 5.46 Å². The van der Waals surface area contributed by atoms with E-state index < -0.39 is 11.9 Å². The van der Waals surface area contributed by atoms with Crippen molar-refractivity contribution in [3.63, 3.8) is 0 Å². The van der Waals surface area contributed by atoms with E-state index in [1.807, 2.05) is 34.1 Å². The number of hydrogen-bond acceptors (Lipinski definition) is 5. The van der Waals surface area contributed by atoms with Crippen molar-refractivity contribution >= 4 is 25.2 Å². The first-order chi connectivity index (χ1) is 11.9. The molecule has 25 heavy (non-hydrogen) atoms. The normalized spacial score (nSPS) is 18.2. The smallest absolute Gasteiger partial charge is 0.317 e. The minimum absolute atomic E-state index is 0.0229. The van der Waals surface area contributed by atoms with E-state index in [1.165, 1.54) is 5.56 Å². The summed E-state index contributed by atoms with van der Waals surface area (Å²) in [7, 11) is 3.89. The Morgan fingerprint density at radius 2 is 1.20 bits per heavy atom. The first kappa shape index (κ1) is 19.4. The van der Waals surface area contributed by atoms with Gasteiger partial charge in [0.05, 0.1) is 13.1 Å². The number of carbonyl (C=O) groups is 2. The largest absolute Gasteiger partial charge is 0.480 e. The van der Waals surface area contributed by atoms with Crippen molar-refractivity contribution in [2.75, 3.05) is 52.4 Å².